The van der Waals surface area contributed by atoms with Gasteiger partial charge in [-0.25, -0.2) is 4.98 Å². The van der Waals surface area contributed by atoms with E-state index in [4.69, 9.17) is 5.73 Å². The molecule has 2 atom stereocenters. The van der Waals surface area contributed by atoms with Crippen molar-refractivity contribution < 1.29 is 9.59 Å². The van der Waals surface area contributed by atoms with E-state index in [1.807, 2.05) is 13.8 Å². The van der Waals surface area contributed by atoms with Crippen LogP contribution < -0.4 is 11.1 Å². The fourth-order valence-corrected chi connectivity index (χ4v) is 2.62. The summed E-state index contributed by atoms with van der Waals surface area (Å²) in [6.45, 7) is 5.13. The molecule has 0 radical (unpaired) electrons. The molecule has 24 heavy (non-hydrogen) atoms. The largest absolute Gasteiger partial charge is 0.348 e. The van der Waals surface area contributed by atoms with Crippen molar-refractivity contribution in [1.29, 1.82) is 0 Å². The standard InChI is InChI=1S/C15H25N5O2.2ClH/c1-10(2)13(16)15(22)19-8-12(21)20-7-3-4-11(9-20)14-17-5-6-18-14;;/h5-6,10-11,13H,3-4,7-9,16H2,1-2H3,(H,17,18)(H,19,22);2*1H/t11?,13-;;/m0../s1. The Labute approximate surface area is 155 Å². The Balaban J connectivity index is 0.00000264. The normalized spacial score (nSPS) is 18.3. The minimum atomic E-state index is -0.579. The number of rotatable bonds is 5. The second-order valence-corrected chi connectivity index (χ2v) is 6.14. The van der Waals surface area contributed by atoms with E-state index in [1.54, 1.807) is 17.3 Å². The van der Waals surface area contributed by atoms with Crippen LogP contribution in [0.15, 0.2) is 12.4 Å². The number of hydrogen-bond donors (Lipinski definition) is 3. The van der Waals surface area contributed by atoms with Crippen molar-refractivity contribution in [2.45, 2.75) is 38.6 Å². The number of carbonyl (C=O) groups is 2. The summed E-state index contributed by atoms with van der Waals surface area (Å²) in [5.74, 6) is 0.863. The Bertz CT molecular complexity index is 510. The fourth-order valence-electron chi connectivity index (χ4n) is 2.62. The highest BCUT2D eigenvalue weighted by Gasteiger charge is 2.26. The Morgan fingerprint density at radius 3 is 2.75 bits per heavy atom. The van der Waals surface area contributed by atoms with Gasteiger partial charge >= 0.3 is 0 Å². The molecular weight excluding hydrogens is 353 g/mol. The summed E-state index contributed by atoms with van der Waals surface area (Å²) in [5.41, 5.74) is 5.76. The molecule has 0 aliphatic carbocycles. The van der Waals surface area contributed by atoms with E-state index in [1.165, 1.54) is 0 Å². The lowest BCUT2D eigenvalue weighted by atomic mass is 9.97. The van der Waals surface area contributed by atoms with Crippen molar-refractivity contribution in [3.63, 3.8) is 0 Å². The summed E-state index contributed by atoms with van der Waals surface area (Å²) < 4.78 is 0. The quantitative estimate of drug-likeness (QED) is 0.711. The molecule has 0 aromatic carbocycles. The predicted octanol–water partition coefficient (Wildman–Crippen LogP) is 1.06. The second kappa shape index (κ2) is 10.5. The smallest absolute Gasteiger partial charge is 0.241 e. The van der Waals surface area contributed by atoms with Gasteiger partial charge in [0.1, 0.15) is 5.82 Å². The Morgan fingerprint density at radius 2 is 2.17 bits per heavy atom. The molecule has 0 spiro atoms. The van der Waals surface area contributed by atoms with Gasteiger partial charge in [0.05, 0.1) is 12.6 Å². The van der Waals surface area contributed by atoms with Crippen LogP contribution in [-0.4, -0.2) is 52.4 Å². The van der Waals surface area contributed by atoms with Gasteiger partial charge in [0.25, 0.3) is 0 Å². The zero-order valence-electron chi connectivity index (χ0n) is 14.0. The Hall–Kier alpha value is -1.31. The van der Waals surface area contributed by atoms with Crippen LogP contribution in [0.1, 0.15) is 38.4 Å². The minimum Gasteiger partial charge on any atom is -0.348 e. The zero-order valence-corrected chi connectivity index (χ0v) is 15.7. The number of likely N-dealkylation sites (tertiary alicyclic amines) is 1. The van der Waals surface area contributed by atoms with Crippen LogP contribution in [0.4, 0.5) is 0 Å². The third kappa shape index (κ3) is 5.96. The monoisotopic (exact) mass is 379 g/mol. The minimum absolute atomic E-state index is 0. The van der Waals surface area contributed by atoms with E-state index in [0.717, 1.165) is 25.2 Å². The number of aromatic nitrogens is 2. The zero-order chi connectivity index (χ0) is 16.1. The maximum absolute atomic E-state index is 12.2. The molecule has 7 nitrogen and oxygen atoms in total. The van der Waals surface area contributed by atoms with Gasteiger partial charge in [0.15, 0.2) is 0 Å². The molecule has 1 aliphatic heterocycles. The highest BCUT2D eigenvalue weighted by Crippen LogP contribution is 2.24. The first-order chi connectivity index (χ1) is 10.5. The maximum Gasteiger partial charge on any atom is 0.241 e. The number of nitrogens with two attached hydrogens (primary N) is 1. The molecule has 1 aromatic rings. The number of nitrogens with one attached hydrogen (secondary N) is 2. The molecule has 138 valence electrons. The molecule has 1 saturated heterocycles. The first-order valence-electron chi connectivity index (χ1n) is 7.79. The average Bonchev–Trinajstić information content (AvgIpc) is 3.06. The summed E-state index contributed by atoms with van der Waals surface area (Å²) in [7, 11) is 0. The molecular formula is C15H27Cl2N5O2. The lowest BCUT2D eigenvalue weighted by Gasteiger charge is -2.32. The van der Waals surface area contributed by atoms with Gasteiger partial charge in [-0.2, -0.15) is 0 Å². The van der Waals surface area contributed by atoms with Crippen LogP contribution >= 0.6 is 24.8 Å². The average molecular weight is 380 g/mol. The maximum atomic E-state index is 12.2. The second-order valence-electron chi connectivity index (χ2n) is 6.14. The van der Waals surface area contributed by atoms with Crippen LogP contribution in [0.5, 0.6) is 0 Å². The van der Waals surface area contributed by atoms with Crippen molar-refractivity contribution in [2.24, 2.45) is 11.7 Å². The van der Waals surface area contributed by atoms with Gasteiger partial charge in [-0.15, -0.1) is 24.8 Å². The van der Waals surface area contributed by atoms with Crippen molar-refractivity contribution in [1.82, 2.24) is 20.2 Å². The number of carbonyl (C=O) groups excluding carboxylic acids is 2. The van der Waals surface area contributed by atoms with E-state index >= 15 is 0 Å². The summed E-state index contributed by atoms with van der Waals surface area (Å²) >= 11 is 0. The predicted molar refractivity (Wildman–Crippen MR) is 97.5 cm³/mol. The van der Waals surface area contributed by atoms with Crippen LogP contribution in [0.2, 0.25) is 0 Å². The van der Waals surface area contributed by atoms with Crippen LogP contribution in [0.3, 0.4) is 0 Å². The molecule has 9 heteroatoms. The third-order valence-electron chi connectivity index (χ3n) is 4.11. The summed E-state index contributed by atoms with van der Waals surface area (Å²) in [5, 5.41) is 2.63. The number of imidazole rings is 1. The molecule has 1 aliphatic rings. The van der Waals surface area contributed by atoms with Crippen LogP contribution in [-0.2, 0) is 9.59 Å². The number of H-pyrrole nitrogens is 1. The number of aromatic amines is 1. The molecule has 4 N–H and O–H groups in total. The lowest BCUT2D eigenvalue weighted by molar-refractivity contribution is -0.134. The molecule has 0 saturated carbocycles. The first-order valence-corrected chi connectivity index (χ1v) is 7.79. The van der Waals surface area contributed by atoms with Crippen LogP contribution in [0.25, 0.3) is 0 Å². The number of nitrogens with zero attached hydrogens (tertiary/aromatic N) is 2. The SMILES string of the molecule is CC(C)[C@H](N)C(=O)NCC(=O)N1CCCC(c2ncc[nH]2)C1.Cl.Cl. The molecule has 1 unspecified atom stereocenters. The van der Waals surface area contributed by atoms with E-state index in [-0.39, 0.29) is 55.0 Å². The van der Waals surface area contributed by atoms with Gasteiger partial charge in [-0.05, 0) is 18.8 Å². The highest BCUT2D eigenvalue weighted by atomic mass is 35.5. The van der Waals surface area contributed by atoms with Crippen molar-refractivity contribution in [3.8, 4) is 0 Å². The van der Waals surface area contributed by atoms with Crippen LogP contribution in [0, 0.1) is 5.92 Å². The van der Waals surface area contributed by atoms with Gasteiger partial charge in [-0.3, -0.25) is 9.59 Å². The first kappa shape index (κ1) is 22.7. The summed E-state index contributed by atoms with van der Waals surface area (Å²) in [4.78, 5) is 33.2. The highest BCUT2D eigenvalue weighted by molar-refractivity contribution is 5.87. The number of piperidine rings is 1. The fraction of sp³-hybridized carbons (Fsp3) is 0.667. The van der Waals surface area contributed by atoms with Gasteiger partial charge < -0.3 is 20.9 Å². The number of halogens is 2. The van der Waals surface area contributed by atoms with Crippen molar-refractivity contribution >= 4 is 36.6 Å². The Kier molecular flexibility index (Phi) is 9.96. The molecule has 2 heterocycles. The van der Waals surface area contributed by atoms with E-state index in [2.05, 4.69) is 15.3 Å². The van der Waals surface area contributed by atoms with E-state index in [9.17, 15) is 9.59 Å². The van der Waals surface area contributed by atoms with Crippen molar-refractivity contribution in [2.75, 3.05) is 19.6 Å². The topological polar surface area (TPSA) is 104 Å². The summed E-state index contributed by atoms with van der Waals surface area (Å²) in [6.07, 6.45) is 5.48. The summed E-state index contributed by atoms with van der Waals surface area (Å²) in [6, 6.07) is -0.579. The molecule has 2 amide bonds. The van der Waals surface area contributed by atoms with E-state index in [0.29, 0.717) is 6.54 Å². The third-order valence-corrected chi connectivity index (χ3v) is 4.11. The van der Waals surface area contributed by atoms with Gasteiger partial charge in [0.2, 0.25) is 11.8 Å². The van der Waals surface area contributed by atoms with Gasteiger partial charge in [-0.1, -0.05) is 13.8 Å². The van der Waals surface area contributed by atoms with Crippen molar-refractivity contribution in [3.05, 3.63) is 18.2 Å². The lowest BCUT2D eigenvalue weighted by Crippen LogP contribution is -2.49. The molecule has 1 aromatic heterocycles. The molecule has 1 fully saturated rings. The Morgan fingerprint density at radius 1 is 1.46 bits per heavy atom. The molecule has 2 rings (SSSR count). The molecule has 0 bridgehead atoms. The van der Waals surface area contributed by atoms with E-state index < -0.39 is 6.04 Å². The van der Waals surface area contributed by atoms with Gasteiger partial charge in [0, 0.05) is 31.4 Å². The number of hydrogen-bond acceptors (Lipinski definition) is 4. The number of amides is 2.